The molecule has 1 fully saturated rings. The maximum absolute atomic E-state index is 2.83. The Morgan fingerprint density at radius 1 is 1.19 bits per heavy atom. The van der Waals surface area contributed by atoms with E-state index >= 15 is 0 Å². The van der Waals surface area contributed by atoms with Gasteiger partial charge in [0.25, 0.3) is 0 Å². The molecule has 0 aromatic heterocycles. The summed E-state index contributed by atoms with van der Waals surface area (Å²) in [6.07, 6.45) is 8.37. The molecule has 1 heterocycles. The van der Waals surface area contributed by atoms with Crippen LogP contribution in [0.15, 0.2) is 29.2 Å². The van der Waals surface area contributed by atoms with Gasteiger partial charge in [-0.15, -0.1) is 11.8 Å². The molecule has 1 unspecified atom stereocenters. The van der Waals surface area contributed by atoms with E-state index in [1.165, 1.54) is 56.5 Å². The largest absolute Gasteiger partial charge is 0.299 e. The first-order valence-corrected chi connectivity index (χ1v) is 9.59. The van der Waals surface area contributed by atoms with Gasteiger partial charge < -0.3 is 0 Å². The van der Waals surface area contributed by atoms with Crippen LogP contribution >= 0.6 is 11.8 Å². The summed E-state index contributed by atoms with van der Waals surface area (Å²) in [6.45, 7) is 7.30. The molecular weight excluding hydrogens is 274 g/mol. The van der Waals surface area contributed by atoms with E-state index < -0.39 is 0 Å². The van der Waals surface area contributed by atoms with Gasteiger partial charge in [-0.2, -0.15) is 0 Å². The van der Waals surface area contributed by atoms with E-state index in [9.17, 15) is 0 Å². The second kappa shape index (κ2) is 7.19. The maximum Gasteiger partial charge on any atom is 0.0263 e. The lowest BCUT2D eigenvalue weighted by atomic mass is 10.1. The summed E-state index contributed by atoms with van der Waals surface area (Å²) in [7, 11) is 0. The van der Waals surface area contributed by atoms with Crippen molar-refractivity contribution in [3.05, 3.63) is 29.8 Å². The molecule has 0 radical (unpaired) electrons. The highest BCUT2D eigenvalue weighted by Crippen LogP contribution is 2.38. The molecule has 3 rings (SSSR count). The lowest BCUT2D eigenvalue weighted by Crippen LogP contribution is -2.39. The van der Waals surface area contributed by atoms with Crippen LogP contribution in [0.25, 0.3) is 0 Å². The van der Waals surface area contributed by atoms with Gasteiger partial charge >= 0.3 is 0 Å². The predicted molar refractivity (Wildman–Crippen MR) is 93.1 cm³/mol. The Kier molecular flexibility index (Phi) is 5.29. The summed E-state index contributed by atoms with van der Waals surface area (Å²) >= 11 is 2.12. The highest BCUT2D eigenvalue weighted by molar-refractivity contribution is 8.00. The molecule has 0 bridgehead atoms. The van der Waals surface area contributed by atoms with Gasteiger partial charge in [0.2, 0.25) is 0 Å². The molecule has 21 heavy (non-hydrogen) atoms. The van der Waals surface area contributed by atoms with Crippen molar-refractivity contribution in [2.45, 2.75) is 68.6 Å². The van der Waals surface area contributed by atoms with Gasteiger partial charge in [0.05, 0.1) is 0 Å². The van der Waals surface area contributed by atoms with Crippen molar-refractivity contribution in [2.75, 3.05) is 13.1 Å². The van der Waals surface area contributed by atoms with Crippen LogP contribution < -0.4 is 0 Å². The Bertz CT molecular complexity index is 426. The summed E-state index contributed by atoms with van der Waals surface area (Å²) in [6, 6.07) is 9.86. The van der Waals surface area contributed by atoms with E-state index in [2.05, 4.69) is 54.8 Å². The minimum absolute atomic E-state index is 0.773. The van der Waals surface area contributed by atoms with Crippen molar-refractivity contribution < 1.29 is 0 Å². The number of nitrogens with zero attached hydrogens (tertiary/aromatic N) is 1. The lowest BCUT2D eigenvalue weighted by Gasteiger charge is -2.31. The van der Waals surface area contributed by atoms with Crippen molar-refractivity contribution >= 4 is 11.8 Å². The third-order valence-corrected chi connectivity index (χ3v) is 6.29. The van der Waals surface area contributed by atoms with Crippen LogP contribution in [0.3, 0.4) is 0 Å². The molecule has 0 N–H and O–H groups in total. The summed E-state index contributed by atoms with van der Waals surface area (Å²) in [5.74, 6) is 0.822. The third-order valence-electron chi connectivity index (χ3n) is 4.99. The van der Waals surface area contributed by atoms with E-state index in [0.29, 0.717) is 0 Å². The molecule has 0 amide bonds. The topological polar surface area (TPSA) is 3.24 Å². The number of hydrogen-bond acceptors (Lipinski definition) is 2. The average Bonchev–Trinajstić information content (AvgIpc) is 3.11. The average molecular weight is 304 g/mol. The Balaban J connectivity index is 1.59. The molecule has 1 aliphatic carbocycles. The summed E-state index contributed by atoms with van der Waals surface area (Å²) in [4.78, 5) is 4.36. The highest BCUT2D eigenvalue weighted by atomic mass is 32.2. The Morgan fingerprint density at radius 2 is 1.95 bits per heavy atom. The molecule has 1 saturated carbocycles. The van der Waals surface area contributed by atoms with E-state index in [1.807, 2.05) is 0 Å². The van der Waals surface area contributed by atoms with Crippen molar-refractivity contribution in [1.82, 2.24) is 4.90 Å². The third kappa shape index (κ3) is 4.04. The van der Waals surface area contributed by atoms with Crippen LogP contribution in [0.1, 0.15) is 51.5 Å². The number of hydrogen-bond donors (Lipinski definition) is 0. The van der Waals surface area contributed by atoms with E-state index in [1.54, 1.807) is 5.56 Å². The van der Waals surface area contributed by atoms with E-state index in [4.69, 9.17) is 0 Å². The molecule has 0 spiro atoms. The fourth-order valence-electron chi connectivity index (χ4n) is 3.73. The normalized spacial score (nSPS) is 22.4. The summed E-state index contributed by atoms with van der Waals surface area (Å²) in [5.41, 5.74) is 1.57. The fraction of sp³-hybridized carbons (Fsp3) is 0.684. The monoisotopic (exact) mass is 303 g/mol. The minimum Gasteiger partial charge on any atom is -0.299 e. The van der Waals surface area contributed by atoms with Crippen LogP contribution in [-0.4, -0.2) is 29.3 Å². The van der Waals surface area contributed by atoms with Crippen LogP contribution in [-0.2, 0) is 6.42 Å². The first kappa shape index (κ1) is 15.4. The molecule has 1 aromatic carbocycles. The minimum atomic E-state index is 0.773. The van der Waals surface area contributed by atoms with Gasteiger partial charge in [-0.25, -0.2) is 0 Å². The number of fused-ring (bicyclic) bond motifs is 1. The molecule has 2 heteroatoms. The highest BCUT2D eigenvalue weighted by Gasteiger charge is 2.28. The first-order chi connectivity index (χ1) is 10.2. The van der Waals surface area contributed by atoms with E-state index in [0.717, 1.165) is 17.2 Å². The van der Waals surface area contributed by atoms with Gasteiger partial charge in [-0.3, -0.25) is 4.90 Å². The van der Waals surface area contributed by atoms with Gasteiger partial charge in [-0.05, 0) is 49.8 Å². The van der Waals surface area contributed by atoms with Crippen molar-refractivity contribution in [1.29, 1.82) is 0 Å². The van der Waals surface area contributed by atoms with Gasteiger partial charge in [0, 0.05) is 22.7 Å². The molecule has 1 atom stereocenters. The lowest BCUT2D eigenvalue weighted by molar-refractivity contribution is 0.189. The number of benzene rings is 1. The second-order valence-electron chi connectivity index (χ2n) is 7.17. The van der Waals surface area contributed by atoms with Crippen LogP contribution in [0, 0.1) is 5.92 Å². The van der Waals surface area contributed by atoms with Gasteiger partial charge in [-0.1, -0.05) is 44.9 Å². The van der Waals surface area contributed by atoms with Crippen molar-refractivity contribution in [3.8, 4) is 0 Å². The molecule has 1 aromatic rings. The molecule has 2 aliphatic rings. The van der Waals surface area contributed by atoms with Gasteiger partial charge in [0.1, 0.15) is 0 Å². The van der Waals surface area contributed by atoms with Crippen LogP contribution in [0.4, 0.5) is 0 Å². The Morgan fingerprint density at radius 3 is 2.67 bits per heavy atom. The van der Waals surface area contributed by atoms with Crippen molar-refractivity contribution in [3.63, 3.8) is 0 Å². The first-order valence-electron chi connectivity index (χ1n) is 8.71. The van der Waals surface area contributed by atoms with E-state index in [-0.39, 0.29) is 0 Å². The zero-order chi connectivity index (χ0) is 14.7. The maximum atomic E-state index is 2.83. The smallest absolute Gasteiger partial charge is 0.0263 e. The number of thioether (sulfide) groups is 1. The predicted octanol–water partition coefficient (Wildman–Crippen LogP) is 4.99. The zero-order valence-corrected chi connectivity index (χ0v) is 14.4. The summed E-state index contributed by atoms with van der Waals surface area (Å²) in [5, 5.41) is 0.773. The molecular formula is C19H29NS. The Labute approximate surface area is 134 Å². The SMILES string of the molecule is CC(C)CCN(CC1Cc2ccccc2S1)C1CCCC1. The van der Waals surface area contributed by atoms with Crippen molar-refractivity contribution in [2.24, 2.45) is 5.92 Å². The molecule has 1 nitrogen and oxygen atoms in total. The Hall–Kier alpha value is -0.470. The van der Waals surface area contributed by atoms with Gasteiger partial charge in [0.15, 0.2) is 0 Å². The van der Waals surface area contributed by atoms with Crippen LogP contribution in [0.2, 0.25) is 0 Å². The summed E-state index contributed by atoms with van der Waals surface area (Å²) < 4.78 is 0. The molecule has 0 saturated heterocycles. The second-order valence-corrected chi connectivity index (χ2v) is 8.51. The molecule has 1 aliphatic heterocycles. The fourth-order valence-corrected chi connectivity index (χ4v) is 5.08. The standard InChI is InChI=1S/C19H29NS/c1-15(2)11-12-20(17-8-4-5-9-17)14-18-13-16-7-3-6-10-19(16)21-18/h3,6-7,10,15,17-18H,4-5,8-9,11-14H2,1-2H3. The zero-order valence-electron chi connectivity index (χ0n) is 13.6. The molecule has 116 valence electrons. The quantitative estimate of drug-likeness (QED) is 0.728. The number of rotatable bonds is 6. The van der Waals surface area contributed by atoms with Crippen LogP contribution in [0.5, 0.6) is 0 Å².